The Morgan fingerprint density at radius 2 is 1.95 bits per heavy atom. The van der Waals surface area contributed by atoms with Gasteiger partial charge >= 0.3 is 0 Å². The number of carbonyl (C=O) groups is 2. The molecule has 2 amide bonds. The Bertz CT molecular complexity index is 1450. The molecule has 1 fully saturated rings. The molecule has 2 aromatic heterocycles. The Balaban J connectivity index is 1.39. The molecule has 0 saturated carbocycles. The SMILES string of the molecule is CCOc1cc(C(=O)N[C@@H]2CCN(C(=O)c3cc(Cl)c4ncn(C)c4c3)C[C@@H]2c2ccccc2)n(C)n1. The molecule has 0 bridgehead atoms. The maximum atomic E-state index is 13.6. The van der Waals surface area contributed by atoms with Gasteiger partial charge in [-0.2, -0.15) is 0 Å². The second-order valence-corrected chi connectivity index (χ2v) is 9.65. The van der Waals surface area contributed by atoms with Crippen molar-refractivity contribution in [3.63, 3.8) is 0 Å². The second kappa shape index (κ2) is 10.3. The van der Waals surface area contributed by atoms with E-state index in [-0.39, 0.29) is 23.8 Å². The standard InChI is InChI=1S/C27H29ClN6O3/c1-4-37-24-14-23(33(3)31-24)26(35)30-21-10-11-34(15-19(21)17-8-6-5-7-9-17)27(36)18-12-20(28)25-22(13-18)32(2)16-29-25/h5-9,12-14,16,19,21H,4,10-11,15H2,1-3H3,(H,30,35)/t19-,21-/m1/s1. The third-order valence-electron chi connectivity index (χ3n) is 6.86. The molecule has 0 radical (unpaired) electrons. The summed E-state index contributed by atoms with van der Waals surface area (Å²) in [7, 11) is 3.59. The third-order valence-corrected chi connectivity index (χ3v) is 7.14. The highest BCUT2D eigenvalue weighted by molar-refractivity contribution is 6.35. The molecular formula is C27H29ClN6O3. The van der Waals surface area contributed by atoms with E-state index >= 15 is 0 Å². The van der Waals surface area contributed by atoms with Gasteiger partial charge in [-0.15, -0.1) is 5.10 Å². The van der Waals surface area contributed by atoms with Crippen molar-refractivity contribution < 1.29 is 14.3 Å². The smallest absolute Gasteiger partial charge is 0.269 e. The largest absolute Gasteiger partial charge is 0.477 e. The zero-order chi connectivity index (χ0) is 26.1. The normalized spacial score (nSPS) is 17.7. The van der Waals surface area contributed by atoms with Crippen molar-refractivity contribution >= 4 is 34.4 Å². The number of imidazole rings is 1. The molecule has 0 unspecified atom stereocenters. The first-order chi connectivity index (χ1) is 17.9. The van der Waals surface area contributed by atoms with Crippen molar-refractivity contribution in [1.29, 1.82) is 0 Å². The van der Waals surface area contributed by atoms with Gasteiger partial charge in [0.1, 0.15) is 11.2 Å². The number of piperidine rings is 1. The number of carbonyl (C=O) groups excluding carboxylic acids is 2. The third kappa shape index (κ3) is 4.91. The lowest BCUT2D eigenvalue weighted by Crippen LogP contribution is -2.51. The van der Waals surface area contributed by atoms with Crippen molar-refractivity contribution in [3.8, 4) is 5.88 Å². The molecule has 2 atom stereocenters. The molecule has 192 valence electrons. The van der Waals surface area contributed by atoms with Gasteiger partial charge in [-0.3, -0.25) is 14.3 Å². The highest BCUT2D eigenvalue weighted by Gasteiger charge is 2.34. The predicted molar refractivity (Wildman–Crippen MR) is 141 cm³/mol. The van der Waals surface area contributed by atoms with E-state index in [9.17, 15) is 9.59 Å². The number of nitrogens with one attached hydrogen (secondary N) is 1. The van der Waals surface area contributed by atoms with E-state index in [4.69, 9.17) is 16.3 Å². The van der Waals surface area contributed by atoms with Gasteiger partial charge in [0.25, 0.3) is 11.8 Å². The van der Waals surface area contributed by atoms with E-state index in [0.717, 1.165) is 11.1 Å². The van der Waals surface area contributed by atoms with E-state index < -0.39 is 0 Å². The van der Waals surface area contributed by atoms with Crippen LogP contribution in [0.15, 0.2) is 54.9 Å². The minimum atomic E-state index is -0.222. The van der Waals surface area contributed by atoms with Crippen LogP contribution in [0.5, 0.6) is 5.88 Å². The maximum absolute atomic E-state index is 13.6. The summed E-state index contributed by atoms with van der Waals surface area (Å²) >= 11 is 6.45. The average molecular weight is 521 g/mol. The highest BCUT2D eigenvalue weighted by atomic mass is 35.5. The molecule has 0 aliphatic carbocycles. The first-order valence-corrected chi connectivity index (χ1v) is 12.7. The molecule has 1 saturated heterocycles. The molecule has 37 heavy (non-hydrogen) atoms. The fourth-order valence-corrected chi connectivity index (χ4v) is 5.22. The summed E-state index contributed by atoms with van der Waals surface area (Å²) in [6.45, 7) is 3.31. The van der Waals surface area contributed by atoms with E-state index in [1.54, 1.807) is 25.5 Å². The monoisotopic (exact) mass is 520 g/mol. The van der Waals surface area contributed by atoms with Gasteiger partial charge in [0.15, 0.2) is 0 Å². The Morgan fingerprint density at radius 3 is 2.70 bits per heavy atom. The molecule has 3 heterocycles. The van der Waals surface area contributed by atoms with Gasteiger partial charge in [-0.05, 0) is 31.0 Å². The molecule has 2 aromatic carbocycles. The quantitative estimate of drug-likeness (QED) is 0.417. The number of rotatable bonds is 6. The number of aryl methyl sites for hydroxylation is 2. The second-order valence-electron chi connectivity index (χ2n) is 9.24. The van der Waals surface area contributed by atoms with E-state index in [2.05, 4.69) is 15.4 Å². The van der Waals surface area contributed by atoms with Crippen LogP contribution in [0.25, 0.3) is 11.0 Å². The molecule has 1 N–H and O–H groups in total. The first-order valence-electron chi connectivity index (χ1n) is 12.3. The van der Waals surface area contributed by atoms with Crippen LogP contribution >= 0.6 is 11.6 Å². The number of amides is 2. The lowest BCUT2D eigenvalue weighted by molar-refractivity contribution is 0.0671. The fraction of sp³-hybridized carbons (Fsp3) is 0.333. The van der Waals surface area contributed by atoms with Crippen molar-refractivity contribution in [3.05, 3.63) is 76.7 Å². The van der Waals surface area contributed by atoms with Gasteiger partial charge in [-0.1, -0.05) is 41.9 Å². The van der Waals surface area contributed by atoms with Crippen LogP contribution in [0.1, 0.15) is 45.7 Å². The summed E-state index contributed by atoms with van der Waals surface area (Å²) in [5, 5.41) is 7.90. The number of aromatic nitrogens is 4. The average Bonchev–Trinajstić information content (AvgIpc) is 3.46. The van der Waals surface area contributed by atoms with E-state index in [1.165, 1.54) is 4.68 Å². The zero-order valence-corrected chi connectivity index (χ0v) is 21.8. The van der Waals surface area contributed by atoms with Gasteiger partial charge in [-0.25, -0.2) is 4.98 Å². The molecular weight excluding hydrogens is 492 g/mol. The van der Waals surface area contributed by atoms with Gasteiger partial charge in [0.05, 0.1) is 23.5 Å². The number of fused-ring (bicyclic) bond motifs is 1. The van der Waals surface area contributed by atoms with Crippen LogP contribution in [0.2, 0.25) is 5.02 Å². The summed E-state index contributed by atoms with van der Waals surface area (Å²) in [5.74, 6) is 0.0152. The molecule has 4 aromatic rings. The minimum absolute atomic E-state index is 0.0849. The Morgan fingerprint density at radius 1 is 1.16 bits per heavy atom. The van der Waals surface area contributed by atoms with Crippen molar-refractivity contribution in [2.75, 3.05) is 19.7 Å². The maximum Gasteiger partial charge on any atom is 0.269 e. The first kappa shape index (κ1) is 24.8. The predicted octanol–water partition coefficient (Wildman–Crippen LogP) is 3.79. The fourth-order valence-electron chi connectivity index (χ4n) is 4.96. The lowest BCUT2D eigenvalue weighted by atomic mass is 9.85. The molecule has 9 nitrogen and oxygen atoms in total. The van der Waals surface area contributed by atoms with Crippen LogP contribution in [0, 0.1) is 0 Å². The molecule has 10 heteroatoms. The number of nitrogens with zero attached hydrogens (tertiary/aromatic N) is 5. The summed E-state index contributed by atoms with van der Waals surface area (Å²) in [6.07, 6.45) is 2.29. The van der Waals surface area contributed by atoms with Crippen LogP contribution in [-0.2, 0) is 14.1 Å². The van der Waals surface area contributed by atoms with Crippen molar-refractivity contribution in [2.24, 2.45) is 14.1 Å². The summed E-state index contributed by atoms with van der Waals surface area (Å²) in [5.41, 5.74) is 3.49. The van der Waals surface area contributed by atoms with Crippen LogP contribution in [0.3, 0.4) is 0 Å². The molecule has 0 spiro atoms. The van der Waals surface area contributed by atoms with Crippen LogP contribution in [0.4, 0.5) is 0 Å². The van der Waals surface area contributed by atoms with Crippen molar-refractivity contribution in [2.45, 2.75) is 25.3 Å². The summed E-state index contributed by atoms with van der Waals surface area (Å²) < 4.78 is 8.82. The van der Waals surface area contributed by atoms with Crippen molar-refractivity contribution in [1.82, 2.24) is 29.5 Å². The van der Waals surface area contributed by atoms with Gasteiger partial charge in [0, 0.05) is 50.8 Å². The van der Waals surface area contributed by atoms with Gasteiger partial charge < -0.3 is 19.5 Å². The van der Waals surface area contributed by atoms with Gasteiger partial charge in [0.2, 0.25) is 5.88 Å². The Kier molecular flexibility index (Phi) is 6.88. The number of hydrogen-bond acceptors (Lipinski definition) is 5. The number of halogens is 1. The Hall–Kier alpha value is -3.85. The highest BCUT2D eigenvalue weighted by Crippen LogP contribution is 2.30. The Labute approximate surface area is 220 Å². The lowest BCUT2D eigenvalue weighted by Gasteiger charge is -2.39. The summed E-state index contributed by atoms with van der Waals surface area (Å²) in [4.78, 5) is 32.9. The molecule has 5 rings (SSSR count). The number of likely N-dealkylation sites (tertiary alicyclic amines) is 1. The van der Waals surface area contributed by atoms with E-state index in [0.29, 0.717) is 53.8 Å². The topological polar surface area (TPSA) is 94.3 Å². The van der Waals surface area contributed by atoms with Crippen LogP contribution < -0.4 is 10.1 Å². The number of benzene rings is 2. The molecule has 1 aliphatic heterocycles. The molecule has 1 aliphatic rings. The summed E-state index contributed by atoms with van der Waals surface area (Å²) in [6, 6.07) is 15.0. The minimum Gasteiger partial charge on any atom is -0.477 e. The number of ether oxygens (including phenoxy) is 1. The van der Waals surface area contributed by atoms with E-state index in [1.807, 2.05) is 59.8 Å². The number of hydrogen-bond donors (Lipinski definition) is 1. The zero-order valence-electron chi connectivity index (χ0n) is 21.0. The van der Waals surface area contributed by atoms with Crippen LogP contribution in [-0.4, -0.2) is 61.8 Å².